The van der Waals surface area contributed by atoms with Gasteiger partial charge in [0.1, 0.15) is 6.54 Å². The van der Waals surface area contributed by atoms with Crippen LogP contribution in [0.25, 0.3) is 11.4 Å². The number of hydrogen-bond acceptors (Lipinski definition) is 5. The van der Waals surface area contributed by atoms with Gasteiger partial charge < -0.3 is 10.6 Å². The first-order chi connectivity index (χ1) is 10.8. The quantitative estimate of drug-likeness (QED) is 0.835. The predicted octanol–water partition coefficient (Wildman–Crippen LogP) is 1.86. The van der Waals surface area contributed by atoms with Crippen LogP contribution in [0, 0.1) is 5.41 Å². The SMILES string of the molecule is CN(CC(C)(C)CN)C(=O)Cn1nnc(-c2ccc(Cl)cc2)n1.Cl. The topological polar surface area (TPSA) is 89.9 Å². The molecular formula is C15H22Cl2N6O. The van der Waals surface area contributed by atoms with Crippen LogP contribution >= 0.6 is 24.0 Å². The van der Waals surface area contributed by atoms with Crippen LogP contribution in [0.2, 0.25) is 5.02 Å². The maximum atomic E-state index is 12.2. The van der Waals surface area contributed by atoms with Crippen LogP contribution in [0.1, 0.15) is 13.8 Å². The standard InChI is InChI=1S/C15H21ClN6O.ClH/c1-15(2,9-17)10-21(3)13(23)8-22-19-14(18-20-22)11-4-6-12(16)7-5-11;/h4-7H,8-10,17H2,1-3H3;1H. The molecule has 7 nitrogen and oxygen atoms in total. The number of halogens is 2. The highest BCUT2D eigenvalue weighted by Crippen LogP contribution is 2.17. The molecule has 1 aromatic carbocycles. The van der Waals surface area contributed by atoms with Crippen LogP contribution in [0.5, 0.6) is 0 Å². The Bertz CT molecular complexity index is 671. The number of carbonyl (C=O) groups is 1. The van der Waals surface area contributed by atoms with E-state index >= 15 is 0 Å². The Morgan fingerprint density at radius 2 is 1.96 bits per heavy atom. The lowest BCUT2D eigenvalue weighted by molar-refractivity contribution is -0.132. The van der Waals surface area contributed by atoms with Crippen LogP contribution in [-0.4, -0.2) is 51.2 Å². The van der Waals surface area contributed by atoms with E-state index in [1.54, 1.807) is 36.2 Å². The lowest BCUT2D eigenvalue weighted by Crippen LogP contribution is -2.41. The van der Waals surface area contributed by atoms with Crippen LogP contribution in [0.3, 0.4) is 0 Å². The summed E-state index contributed by atoms with van der Waals surface area (Å²) in [5.74, 6) is 0.367. The molecule has 0 aliphatic rings. The number of carbonyl (C=O) groups excluding carboxylic acids is 1. The van der Waals surface area contributed by atoms with Gasteiger partial charge in [0, 0.05) is 24.2 Å². The molecule has 2 rings (SSSR count). The highest BCUT2D eigenvalue weighted by atomic mass is 35.5. The summed E-state index contributed by atoms with van der Waals surface area (Å²) in [6.45, 7) is 5.15. The van der Waals surface area contributed by atoms with Crippen molar-refractivity contribution in [3.8, 4) is 11.4 Å². The molecule has 1 aromatic heterocycles. The average Bonchev–Trinajstić information content (AvgIpc) is 2.96. The van der Waals surface area contributed by atoms with Crippen LogP contribution < -0.4 is 5.73 Å². The van der Waals surface area contributed by atoms with Crippen LogP contribution in [-0.2, 0) is 11.3 Å². The lowest BCUT2D eigenvalue weighted by atomic mass is 9.93. The molecular weight excluding hydrogens is 351 g/mol. The molecule has 1 amide bonds. The molecule has 0 fully saturated rings. The van der Waals surface area contributed by atoms with Crippen molar-refractivity contribution in [1.82, 2.24) is 25.1 Å². The smallest absolute Gasteiger partial charge is 0.246 e. The van der Waals surface area contributed by atoms with Gasteiger partial charge in [-0.05, 0) is 41.4 Å². The molecule has 0 atom stereocenters. The molecule has 0 saturated carbocycles. The van der Waals surface area contributed by atoms with E-state index in [0.717, 1.165) is 5.56 Å². The molecule has 0 spiro atoms. The highest BCUT2D eigenvalue weighted by molar-refractivity contribution is 6.30. The van der Waals surface area contributed by atoms with Crippen molar-refractivity contribution >= 4 is 29.9 Å². The molecule has 132 valence electrons. The number of benzene rings is 1. The zero-order chi connectivity index (χ0) is 17.0. The molecule has 24 heavy (non-hydrogen) atoms. The predicted molar refractivity (Wildman–Crippen MR) is 96.0 cm³/mol. The summed E-state index contributed by atoms with van der Waals surface area (Å²) in [5, 5.41) is 12.8. The van der Waals surface area contributed by atoms with E-state index < -0.39 is 0 Å². The van der Waals surface area contributed by atoms with Gasteiger partial charge in [0.2, 0.25) is 11.7 Å². The van der Waals surface area contributed by atoms with E-state index in [9.17, 15) is 4.79 Å². The molecule has 0 aliphatic carbocycles. The summed E-state index contributed by atoms with van der Waals surface area (Å²) in [5.41, 5.74) is 6.37. The van der Waals surface area contributed by atoms with Gasteiger partial charge in [-0.15, -0.1) is 22.6 Å². The Balaban J connectivity index is 0.00000288. The third kappa shape index (κ3) is 5.43. The zero-order valence-electron chi connectivity index (χ0n) is 13.9. The van der Waals surface area contributed by atoms with Gasteiger partial charge in [-0.1, -0.05) is 25.4 Å². The van der Waals surface area contributed by atoms with Crippen molar-refractivity contribution < 1.29 is 4.79 Å². The second-order valence-electron chi connectivity index (χ2n) is 6.27. The van der Waals surface area contributed by atoms with E-state index in [-0.39, 0.29) is 30.3 Å². The van der Waals surface area contributed by atoms with Crippen molar-refractivity contribution in [1.29, 1.82) is 0 Å². The summed E-state index contributed by atoms with van der Waals surface area (Å²) in [7, 11) is 1.75. The normalized spacial score (nSPS) is 11.0. The summed E-state index contributed by atoms with van der Waals surface area (Å²) in [6, 6.07) is 7.12. The van der Waals surface area contributed by atoms with Crippen molar-refractivity contribution in [2.24, 2.45) is 11.1 Å². The van der Waals surface area contributed by atoms with Gasteiger partial charge in [-0.25, -0.2) is 0 Å². The van der Waals surface area contributed by atoms with Gasteiger partial charge in [0.25, 0.3) is 0 Å². The van der Waals surface area contributed by atoms with Crippen molar-refractivity contribution in [2.45, 2.75) is 20.4 Å². The first-order valence-corrected chi connectivity index (χ1v) is 7.66. The van der Waals surface area contributed by atoms with Crippen LogP contribution in [0.15, 0.2) is 24.3 Å². The zero-order valence-corrected chi connectivity index (χ0v) is 15.5. The number of likely N-dealkylation sites (N-methyl/N-ethyl adjacent to an activating group) is 1. The fourth-order valence-electron chi connectivity index (χ4n) is 2.06. The number of hydrogen-bond donors (Lipinski definition) is 1. The van der Waals surface area contributed by atoms with E-state index in [1.807, 2.05) is 13.8 Å². The molecule has 0 saturated heterocycles. The third-order valence-electron chi connectivity index (χ3n) is 3.48. The minimum atomic E-state index is -0.130. The van der Waals surface area contributed by atoms with E-state index in [0.29, 0.717) is 23.9 Å². The van der Waals surface area contributed by atoms with Crippen molar-refractivity contribution in [3.05, 3.63) is 29.3 Å². The van der Waals surface area contributed by atoms with Crippen molar-refractivity contribution in [3.63, 3.8) is 0 Å². The summed E-state index contributed by atoms with van der Waals surface area (Å²) < 4.78 is 0. The van der Waals surface area contributed by atoms with Gasteiger partial charge >= 0.3 is 0 Å². The third-order valence-corrected chi connectivity index (χ3v) is 3.73. The number of rotatable bonds is 6. The molecule has 1 heterocycles. The van der Waals surface area contributed by atoms with Gasteiger partial charge in [-0.2, -0.15) is 4.80 Å². The van der Waals surface area contributed by atoms with Gasteiger partial charge in [-0.3, -0.25) is 4.79 Å². The maximum Gasteiger partial charge on any atom is 0.246 e. The monoisotopic (exact) mass is 372 g/mol. The second kappa shape index (κ2) is 8.41. The van der Waals surface area contributed by atoms with Crippen molar-refractivity contribution in [2.75, 3.05) is 20.1 Å². The van der Waals surface area contributed by atoms with Gasteiger partial charge in [0.05, 0.1) is 0 Å². The minimum Gasteiger partial charge on any atom is -0.344 e. The molecule has 0 radical (unpaired) electrons. The lowest BCUT2D eigenvalue weighted by Gasteiger charge is -2.28. The Hall–Kier alpha value is -1.70. The number of nitrogens with two attached hydrogens (primary N) is 1. The molecule has 2 aromatic rings. The Kier molecular flexibility index (Phi) is 7.13. The first-order valence-electron chi connectivity index (χ1n) is 7.28. The number of nitrogens with zero attached hydrogens (tertiary/aromatic N) is 5. The Morgan fingerprint density at radius 1 is 1.33 bits per heavy atom. The highest BCUT2D eigenvalue weighted by Gasteiger charge is 2.21. The fraction of sp³-hybridized carbons (Fsp3) is 0.467. The molecule has 2 N–H and O–H groups in total. The van der Waals surface area contributed by atoms with E-state index in [1.165, 1.54) is 4.80 Å². The fourth-order valence-corrected chi connectivity index (χ4v) is 2.19. The molecule has 0 unspecified atom stereocenters. The summed E-state index contributed by atoms with van der Waals surface area (Å²) in [6.07, 6.45) is 0. The molecule has 0 bridgehead atoms. The first kappa shape index (κ1) is 20.3. The average molecular weight is 373 g/mol. The number of amides is 1. The number of tetrazole rings is 1. The second-order valence-corrected chi connectivity index (χ2v) is 6.70. The summed E-state index contributed by atoms with van der Waals surface area (Å²) >= 11 is 5.85. The van der Waals surface area contributed by atoms with Crippen LogP contribution in [0.4, 0.5) is 0 Å². The largest absolute Gasteiger partial charge is 0.344 e. The maximum absolute atomic E-state index is 12.2. The summed E-state index contributed by atoms with van der Waals surface area (Å²) in [4.78, 5) is 15.2. The minimum absolute atomic E-state index is 0. The number of aromatic nitrogens is 4. The van der Waals surface area contributed by atoms with Gasteiger partial charge in [0.15, 0.2) is 0 Å². The molecule has 0 aliphatic heterocycles. The Morgan fingerprint density at radius 3 is 2.54 bits per heavy atom. The van der Waals surface area contributed by atoms with E-state index in [4.69, 9.17) is 17.3 Å². The molecule has 9 heteroatoms. The Labute approximate surface area is 152 Å². The van der Waals surface area contributed by atoms with E-state index in [2.05, 4.69) is 15.4 Å².